The van der Waals surface area contributed by atoms with Gasteiger partial charge in [0.25, 0.3) is 5.91 Å². The molecule has 0 fully saturated rings. The van der Waals surface area contributed by atoms with E-state index in [4.69, 9.17) is 5.11 Å². The van der Waals surface area contributed by atoms with Gasteiger partial charge in [0.15, 0.2) is 0 Å². The average molecular weight is 265 g/mol. The Kier molecular flexibility index (Phi) is 6.48. The summed E-state index contributed by atoms with van der Waals surface area (Å²) in [4.78, 5) is 14.9. The van der Waals surface area contributed by atoms with Crippen LogP contribution >= 0.6 is 11.3 Å². The van der Waals surface area contributed by atoms with Crippen LogP contribution in [0.25, 0.3) is 0 Å². The van der Waals surface area contributed by atoms with Crippen LogP contribution in [0.5, 0.6) is 0 Å². The molecule has 0 radical (unpaired) electrons. The molecule has 0 spiro atoms. The lowest BCUT2D eigenvalue weighted by Gasteiger charge is -2.20. The first-order chi connectivity index (χ1) is 8.72. The minimum Gasteiger partial charge on any atom is -0.384 e. The normalized spacial score (nSPS) is 9.72. The van der Waals surface area contributed by atoms with Gasteiger partial charge in [0.2, 0.25) is 0 Å². The summed E-state index contributed by atoms with van der Waals surface area (Å²) >= 11 is 1.44. The Morgan fingerprint density at radius 2 is 2.06 bits per heavy atom. The van der Waals surface area contributed by atoms with Gasteiger partial charge >= 0.3 is 0 Å². The quantitative estimate of drug-likeness (QED) is 0.830. The second-order valence-corrected chi connectivity index (χ2v) is 4.86. The summed E-state index contributed by atoms with van der Waals surface area (Å²) in [6.07, 6.45) is 1.93. The van der Waals surface area contributed by atoms with Gasteiger partial charge in [0.05, 0.1) is 10.4 Å². The van der Waals surface area contributed by atoms with E-state index in [-0.39, 0.29) is 12.5 Å². The maximum absolute atomic E-state index is 12.2. The van der Waals surface area contributed by atoms with E-state index >= 15 is 0 Å². The van der Waals surface area contributed by atoms with Crippen LogP contribution in [0.2, 0.25) is 0 Å². The molecule has 3 nitrogen and oxygen atoms in total. The van der Waals surface area contributed by atoms with Crippen molar-refractivity contribution >= 4 is 17.2 Å². The molecule has 0 aromatic carbocycles. The molecule has 0 aliphatic heterocycles. The largest absolute Gasteiger partial charge is 0.384 e. The molecule has 1 N–H and O–H groups in total. The van der Waals surface area contributed by atoms with Crippen molar-refractivity contribution in [2.24, 2.45) is 0 Å². The second kappa shape index (κ2) is 7.91. The van der Waals surface area contributed by atoms with Crippen molar-refractivity contribution in [3.8, 4) is 11.8 Å². The molecule has 1 aromatic heterocycles. The van der Waals surface area contributed by atoms with Crippen molar-refractivity contribution in [1.29, 1.82) is 0 Å². The predicted octanol–water partition coefficient (Wildman–Crippen LogP) is 2.35. The van der Waals surface area contributed by atoms with Gasteiger partial charge in [-0.1, -0.05) is 25.7 Å². The number of nitrogens with zero attached hydrogens (tertiary/aromatic N) is 1. The third-order valence-corrected chi connectivity index (χ3v) is 3.26. The van der Waals surface area contributed by atoms with Crippen molar-refractivity contribution in [3.05, 3.63) is 21.9 Å². The van der Waals surface area contributed by atoms with Gasteiger partial charge in [-0.25, -0.2) is 0 Å². The Balaban J connectivity index is 2.78. The third kappa shape index (κ3) is 4.17. The first-order valence-corrected chi connectivity index (χ1v) is 7.08. The van der Waals surface area contributed by atoms with E-state index in [0.717, 1.165) is 30.8 Å². The maximum atomic E-state index is 12.2. The van der Waals surface area contributed by atoms with Crippen LogP contribution in [0.15, 0.2) is 11.4 Å². The minimum absolute atomic E-state index is 0.0759. The molecular formula is C14H19NO2S. The first kappa shape index (κ1) is 14.7. The average Bonchev–Trinajstić information content (AvgIpc) is 2.84. The van der Waals surface area contributed by atoms with Crippen LogP contribution in [-0.4, -0.2) is 35.6 Å². The molecule has 0 bridgehead atoms. The van der Waals surface area contributed by atoms with Crippen molar-refractivity contribution in [2.45, 2.75) is 26.7 Å². The Labute approximate surface area is 112 Å². The van der Waals surface area contributed by atoms with E-state index in [9.17, 15) is 4.79 Å². The monoisotopic (exact) mass is 265 g/mol. The third-order valence-electron chi connectivity index (χ3n) is 2.41. The van der Waals surface area contributed by atoms with E-state index in [1.54, 1.807) is 6.07 Å². The molecule has 0 saturated heterocycles. The lowest BCUT2D eigenvalue weighted by Crippen LogP contribution is -2.32. The van der Waals surface area contributed by atoms with Crippen molar-refractivity contribution in [2.75, 3.05) is 19.7 Å². The number of rotatable bonds is 5. The highest BCUT2D eigenvalue weighted by Crippen LogP contribution is 2.16. The molecule has 0 unspecified atom stereocenters. The number of aliphatic hydroxyl groups is 1. The van der Waals surface area contributed by atoms with Gasteiger partial charge in [-0.15, -0.1) is 11.3 Å². The highest BCUT2D eigenvalue weighted by Gasteiger charge is 2.15. The second-order valence-electron chi connectivity index (χ2n) is 3.95. The van der Waals surface area contributed by atoms with E-state index in [2.05, 4.69) is 25.7 Å². The van der Waals surface area contributed by atoms with Crippen LogP contribution in [0.1, 0.15) is 41.9 Å². The van der Waals surface area contributed by atoms with Crippen LogP contribution in [0, 0.1) is 11.8 Å². The fourth-order valence-electron chi connectivity index (χ4n) is 1.68. The fraction of sp³-hybridized carbons (Fsp3) is 0.500. The molecule has 98 valence electrons. The highest BCUT2D eigenvalue weighted by molar-refractivity contribution is 7.10. The number of aliphatic hydroxyl groups excluding tert-OH is 1. The summed E-state index contributed by atoms with van der Waals surface area (Å²) in [7, 11) is 0. The Hall–Kier alpha value is -1.31. The molecule has 1 aromatic rings. The Bertz CT molecular complexity index is 436. The van der Waals surface area contributed by atoms with Gasteiger partial charge in [0.1, 0.15) is 6.61 Å². The van der Waals surface area contributed by atoms with Gasteiger partial charge in [-0.3, -0.25) is 4.79 Å². The number of carbonyl (C=O) groups is 1. The summed E-state index contributed by atoms with van der Waals surface area (Å²) in [5.74, 6) is 5.48. The number of carbonyl (C=O) groups excluding carboxylic acids is 1. The van der Waals surface area contributed by atoms with Gasteiger partial charge in [-0.2, -0.15) is 0 Å². The molecule has 4 heteroatoms. The number of hydrogen-bond donors (Lipinski definition) is 1. The number of hydrogen-bond acceptors (Lipinski definition) is 3. The molecule has 1 amide bonds. The van der Waals surface area contributed by atoms with Crippen molar-refractivity contribution in [1.82, 2.24) is 4.90 Å². The van der Waals surface area contributed by atoms with Gasteiger partial charge < -0.3 is 10.0 Å². The zero-order valence-corrected chi connectivity index (χ0v) is 11.7. The van der Waals surface area contributed by atoms with Gasteiger partial charge in [-0.05, 0) is 18.9 Å². The first-order valence-electron chi connectivity index (χ1n) is 6.20. The van der Waals surface area contributed by atoms with Crippen LogP contribution < -0.4 is 0 Å². The summed E-state index contributed by atoms with van der Waals surface area (Å²) in [6, 6.07) is 1.80. The van der Waals surface area contributed by atoms with E-state index < -0.39 is 0 Å². The van der Waals surface area contributed by atoms with Crippen molar-refractivity contribution < 1.29 is 9.90 Å². The van der Waals surface area contributed by atoms with E-state index in [1.165, 1.54) is 11.3 Å². The molecule has 1 rings (SSSR count). The Morgan fingerprint density at radius 3 is 2.61 bits per heavy atom. The molecule has 0 aliphatic rings. The zero-order chi connectivity index (χ0) is 13.4. The number of amides is 1. The molecule has 1 heterocycles. The molecule has 0 atom stereocenters. The van der Waals surface area contributed by atoms with Crippen LogP contribution in [-0.2, 0) is 0 Å². The summed E-state index contributed by atoms with van der Waals surface area (Å²) in [5, 5.41) is 10.5. The predicted molar refractivity (Wildman–Crippen MR) is 74.8 cm³/mol. The number of thiophene rings is 1. The van der Waals surface area contributed by atoms with Crippen LogP contribution in [0.4, 0.5) is 0 Å². The topological polar surface area (TPSA) is 40.5 Å². The molecule has 0 saturated carbocycles. The lowest BCUT2D eigenvalue weighted by molar-refractivity contribution is 0.0756. The standard InChI is InChI=1S/C14H19NO2S/c1-3-7-15(8-4-2)14(17)12-10-13(18-11-12)6-5-9-16/h10-11,16H,3-4,7-9H2,1-2H3. The molecular weight excluding hydrogens is 246 g/mol. The maximum Gasteiger partial charge on any atom is 0.254 e. The molecule has 0 aliphatic carbocycles. The van der Waals surface area contributed by atoms with Crippen LogP contribution in [0.3, 0.4) is 0 Å². The smallest absolute Gasteiger partial charge is 0.254 e. The summed E-state index contributed by atoms with van der Waals surface area (Å²) in [6.45, 7) is 5.57. The van der Waals surface area contributed by atoms with E-state index in [0.29, 0.717) is 5.56 Å². The summed E-state index contributed by atoms with van der Waals surface area (Å²) < 4.78 is 0. The highest BCUT2D eigenvalue weighted by atomic mass is 32.1. The van der Waals surface area contributed by atoms with E-state index in [1.807, 2.05) is 10.3 Å². The molecule has 18 heavy (non-hydrogen) atoms. The zero-order valence-electron chi connectivity index (χ0n) is 10.9. The fourth-order valence-corrected chi connectivity index (χ4v) is 2.43. The van der Waals surface area contributed by atoms with Gasteiger partial charge in [0, 0.05) is 18.5 Å². The Morgan fingerprint density at radius 1 is 1.39 bits per heavy atom. The van der Waals surface area contributed by atoms with Crippen molar-refractivity contribution in [3.63, 3.8) is 0 Å². The SMILES string of the molecule is CCCN(CCC)C(=O)c1csc(C#CCO)c1. The minimum atomic E-state index is -0.154. The summed E-state index contributed by atoms with van der Waals surface area (Å²) in [5.41, 5.74) is 0.698. The lowest BCUT2D eigenvalue weighted by atomic mass is 10.2.